The molecule has 0 radical (unpaired) electrons. The van der Waals surface area contributed by atoms with Crippen LogP contribution in [0.5, 0.6) is 5.75 Å². The number of aromatic nitrogens is 13. The minimum atomic E-state index is -0.204. The maximum absolute atomic E-state index is 11.3. The lowest BCUT2D eigenvalue weighted by molar-refractivity contribution is -0.132. The topological polar surface area (TPSA) is 198 Å². The zero-order valence-corrected chi connectivity index (χ0v) is 62.8. The number of ether oxygens (including phenoxy) is 1. The Kier molecular flexibility index (Phi) is 25.4. The number of para-hydroxylation sites is 3. The van der Waals surface area contributed by atoms with Crippen molar-refractivity contribution >= 4 is 68.8 Å². The average molecular weight is 1370 g/mol. The van der Waals surface area contributed by atoms with E-state index in [4.69, 9.17) is 4.74 Å². The second kappa shape index (κ2) is 34.2. The van der Waals surface area contributed by atoms with Gasteiger partial charge in [0.15, 0.2) is 11.5 Å². The first-order chi connectivity index (χ1) is 48.7. The van der Waals surface area contributed by atoms with Crippen LogP contribution in [0.4, 0.5) is 5.69 Å². The number of hydrogen-bond donors (Lipinski definition) is 0. The summed E-state index contributed by atoms with van der Waals surface area (Å²) >= 11 is 0. The second-order valence-corrected chi connectivity index (χ2v) is 29.5. The van der Waals surface area contributed by atoms with Crippen molar-refractivity contribution in [3.05, 3.63) is 251 Å². The SMILES string of the molecule is CC(C)(C)c1ccnc2c1C=CC(=O)C2.CC(C)(C)c1ccnc2c1OC(=O)C2.CC(C)c1ccnc2c1C=CC2.CC(C)c1ccnc2ccccc12.CC(C)c1cnn2ccccc12.CC(C)c1cnn2cnccc12.CC(C)c1ncnc2c1N=CC2.CC(C)n1cnc2ccccc21. The second-order valence-electron chi connectivity index (χ2n) is 29.5. The highest BCUT2D eigenvalue weighted by atomic mass is 16.5. The van der Waals surface area contributed by atoms with E-state index < -0.39 is 0 Å². The largest absolute Gasteiger partial charge is 0.424 e. The molecule has 0 atom stereocenters. The first kappa shape index (κ1) is 75.6. The number of carbonyl (C=O) groups is 2. The molecule has 17 nitrogen and oxygen atoms in total. The van der Waals surface area contributed by atoms with Crippen LogP contribution in [0.25, 0.3) is 45.1 Å². The molecule has 4 aliphatic rings. The van der Waals surface area contributed by atoms with Crippen molar-refractivity contribution in [3.63, 3.8) is 0 Å². The first-order valence-electron chi connectivity index (χ1n) is 35.5. The summed E-state index contributed by atoms with van der Waals surface area (Å²) in [5.74, 6) is 3.26. The molecule has 0 N–H and O–H groups in total. The fourth-order valence-electron chi connectivity index (χ4n) is 12.3. The van der Waals surface area contributed by atoms with Gasteiger partial charge in [-0.3, -0.25) is 34.5 Å². The number of ketones is 1. The van der Waals surface area contributed by atoms with Gasteiger partial charge >= 0.3 is 5.97 Å². The molecule has 0 amide bonds. The minimum Gasteiger partial charge on any atom is -0.424 e. The van der Waals surface area contributed by atoms with E-state index in [1.54, 1.807) is 41.8 Å². The maximum atomic E-state index is 11.3. The van der Waals surface area contributed by atoms with Crippen LogP contribution in [0.15, 0.2) is 183 Å². The maximum Gasteiger partial charge on any atom is 0.317 e. The van der Waals surface area contributed by atoms with Gasteiger partial charge in [0, 0.05) is 89.9 Å². The van der Waals surface area contributed by atoms with E-state index >= 15 is 0 Å². The van der Waals surface area contributed by atoms with Gasteiger partial charge in [0.1, 0.15) is 18.3 Å². The summed E-state index contributed by atoms with van der Waals surface area (Å²) in [6, 6.07) is 33.3. The Bertz CT molecular complexity index is 4660. The zero-order chi connectivity index (χ0) is 73.4. The molecular formula is C85H100N14O3. The number of aliphatic imine (C=N–C) groups is 1. The van der Waals surface area contributed by atoms with E-state index in [0.717, 1.165) is 69.0 Å². The molecule has 0 spiro atoms. The van der Waals surface area contributed by atoms with Crippen LogP contribution in [0.3, 0.4) is 0 Å². The molecule has 0 unspecified atom stereocenters. The van der Waals surface area contributed by atoms with E-state index in [0.29, 0.717) is 54.2 Å². The van der Waals surface area contributed by atoms with Crippen molar-refractivity contribution in [3.8, 4) is 5.75 Å². The molecule has 12 heterocycles. The number of rotatable bonds is 6. The van der Waals surface area contributed by atoms with Gasteiger partial charge in [0.05, 0.1) is 87.6 Å². The summed E-state index contributed by atoms with van der Waals surface area (Å²) in [5, 5.41) is 9.73. The molecule has 2 aromatic carbocycles. The van der Waals surface area contributed by atoms with E-state index in [1.807, 2.05) is 109 Å². The molecule has 0 fully saturated rings. The normalized spacial score (nSPS) is 13.0. The molecule has 0 bridgehead atoms. The van der Waals surface area contributed by atoms with E-state index in [1.165, 1.54) is 55.5 Å². The number of carbonyl (C=O) groups excluding carboxylic acids is 2. The number of esters is 1. The zero-order valence-electron chi connectivity index (χ0n) is 62.8. The summed E-state index contributed by atoms with van der Waals surface area (Å²) in [7, 11) is 0. The summed E-state index contributed by atoms with van der Waals surface area (Å²) < 4.78 is 11.1. The van der Waals surface area contributed by atoms with Gasteiger partial charge in [-0.1, -0.05) is 159 Å². The molecule has 17 heteroatoms. The van der Waals surface area contributed by atoms with Gasteiger partial charge in [-0.15, -0.1) is 0 Å². The Morgan fingerprint density at radius 2 is 1.06 bits per heavy atom. The number of nitrogens with zero attached hydrogens (tertiary/aromatic N) is 14. The number of hydrogen-bond acceptors (Lipinski definition) is 14. The Morgan fingerprint density at radius 1 is 0.461 bits per heavy atom. The monoisotopic (exact) mass is 1360 g/mol. The number of fused-ring (bicyclic) bond motifs is 8. The third-order valence-electron chi connectivity index (χ3n) is 17.7. The van der Waals surface area contributed by atoms with Crippen LogP contribution in [0.1, 0.15) is 233 Å². The molecule has 10 aromatic heterocycles. The fourth-order valence-corrected chi connectivity index (χ4v) is 12.3. The van der Waals surface area contributed by atoms with Crippen molar-refractivity contribution < 1.29 is 14.3 Å². The van der Waals surface area contributed by atoms with Crippen LogP contribution in [-0.4, -0.2) is 81.6 Å². The molecule has 2 aliphatic heterocycles. The van der Waals surface area contributed by atoms with Crippen molar-refractivity contribution in [1.82, 2.24) is 63.7 Å². The molecule has 12 aromatic rings. The smallest absolute Gasteiger partial charge is 0.317 e. The standard InChI is InChI=1S/C13H15NO.C12H13N.C11H13NO2.C11H13N.2C10H12N2.2C9H11N3/c1-13(2,3)11-6-7-14-12-8-9(15)4-5-10(11)12;1-9(2)10-7-8-13-12-6-4-3-5-11(10)12;1-11(2,3)7-4-5-12-8-6-9(13)14-10(7)8;1-8(2)9-6-7-12-11-5-3-4-10(9)11;1-8(2)9-7-11-12-6-4-3-5-10(9)12;1-8(2)12-7-11-9-5-3-4-6-10(9)12;1-7(2)8-5-11-12-6-10-4-3-9(8)12;1-6(2)8-9-7(3-4-10-9)11-5-12-8/h4-7H,8H2,1-3H3;3-9H,1-2H3;4-5H,6H2,1-3H3;3-4,6-8H,5H2,1-2H3;2*3-8H,1-2H3;3-7H,1-2H3;4-6H,3H2,1-2H3. The highest BCUT2D eigenvalue weighted by Crippen LogP contribution is 2.37. The van der Waals surface area contributed by atoms with Crippen molar-refractivity contribution in [2.24, 2.45) is 4.99 Å². The predicted molar refractivity (Wildman–Crippen MR) is 414 cm³/mol. The predicted octanol–water partition coefficient (Wildman–Crippen LogP) is 19.3. The molecule has 0 saturated heterocycles. The van der Waals surface area contributed by atoms with E-state index in [2.05, 4.69) is 239 Å². The van der Waals surface area contributed by atoms with Gasteiger partial charge < -0.3 is 9.30 Å². The van der Waals surface area contributed by atoms with Crippen LogP contribution >= 0.6 is 0 Å². The van der Waals surface area contributed by atoms with Crippen molar-refractivity contribution in [1.29, 1.82) is 0 Å². The van der Waals surface area contributed by atoms with Crippen LogP contribution in [0, 0.1) is 0 Å². The third-order valence-corrected chi connectivity index (χ3v) is 17.7. The lowest BCUT2D eigenvalue weighted by Crippen LogP contribution is -2.17. The first-order valence-corrected chi connectivity index (χ1v) is 35.5. The van der Waals surface area contributed by atoms with Crippen molar-refractivity contribution in [2.75, 3.05) is 0 Å². The van der Waals surface area contributed by atoms with E-state index in [9.17, 15) is 9.59 Å². The van der Waals surface area contributed by atoms with Gasteiger partial charge in [-0.25, -0.2) is 29.0 Å². The van der Waals surface area contributed by atoms with Gasteiger partial charge in [0.2, 0.25) is 0 Å². The van der Waals surface area contributed by atoms with Crippen LogP contribution < -0.4 is 4.74 Å². The molecule has 16 rings (SSSR count). The molecular weight excluding hydrogens is 1270 g/mol. The summed E-state index contributed by atoms with van der Waals surface area (Å²) in [5.41, 5.74) is 22.1. The quantitative estimate of drug-likeness (QED) is 0.143. The Morgan fingerprint density at radius 3 is 1.75 bits per heavy atom. The van der Waals surface area contributed by atoms with Crippen LogP contribution in [0.2, 0.25) is 0 Å². The Balaban J connectivity index is 0.000000136. The summed E-state index contributed by atoms with van der Waals surface area (Å²) in [6.07, 6.45) is 32.6. The van der Waals surface area contributed by atoms with Crippen LogP contribution in [-0.2, 0) is 46.1 Å². The number of pyridine rings is 5. The molecule has 102 heavy (non-hydrogen) atoms. The molecule has 2 aliphatic carbocycles. The summed E-state index contributed by atoms with van der Waals surface area (Å²) in [4.78, 5) is 60.4. The number of imidazole rings is 1. The van der Waals surface area contributed by atoms with Crippen molar-refractivity contribution in [2.45, 2.75) is 197 Å². The van der Waals surface area contributed by atoms with Gasteiger partial charge in [-0.2, -0.15) is 10.2 Å². The average Bonchev–Trinajstić information content (AvgIpc) is 1.09. The lowest BCUT2D eigenvalue weighted by Gasteiger charge is -2.24. The Hall–Kier alpha value is -10.6. The highest BCUT2D eigenvalue weighted by Gasteiger charge is 2.30. The molecule has 528 valence electrons. The van der Waals surface area contributed by atoms with E-state index in [-0.39, 0.29) is 22.6 Å². The van der Waals surface area contributed by atoms with Gasteiger partial charge in [-0.05, 0) is 149 Å². The number of allylic oxidation sites excluding steroid dienone is 2. The molecule has 0 saturated carbocycles. The Labute approximate surface area is 601 Å². The van der Waals surface area contributed by atoms with Gasteiger partial charge in [0.25, 0.3) is 0 Å². The minimum absolute atomic E-state index is 0.0162. The lowest BCUT2D eigenvalue weighted by atomic mass is 9.82. The number of benzene rings is 2. The fraction of sp³-hybridized carbons (Fsp3) is 0.353. The third kappa shape index (κ3) is 19.1. The highest BCUT2D eigenvalue weighted by molar-refractivity contribution is 5.98. The summed E-state index contributed by atoms with van der Waals surface area (Å²) in [6.45, 7) is 38.9.